The molecule has 0 amide bonds. The minimum Gasteiger partial charge on any atom is -0.828 e. The number of carbonyl (C=O) groups is 2. The van der Waals surface area contributed by atoms with Crippen molar-refractivity contribution in [3.8, 4) is 5.75 Å². The normalized spacial score (nSPS) is 15.2. The molecule has 4 heterocycles. The van der Waals surface area contributed by atoms with Gasteiger partial charge in [0.25, 0.3) is 11.5 Å². The molecule has 2 aliphatic heterocycles. The predicted octanol–water partition coefficient (Wildman–Crippen LogP) is -2.00. The topological polar surface area (TPSA) is 191 Å². The maximum Gasteiger partial charge on any atom is 1.00 e. The monoisotopic (exact) mass is 564 g/mol. The molecule has 14 nitrogen and oxygen atoms in total. The van der Waals surface area contributed by atoms with Gasteiger partial charge in [-0.25, -0.2) is 9.59 Å². The van der Waals surface area contributed by atoms with Crippen molar-refractivity contribution in [3.63, 3.8) is 0 Å². The number of aromatic hydroxyl groups is 1. The Morgan fingerprint density at radius 2 is 1.38 bits per heavy atom. The van der Waals surface area contributed by atoms with Crippen LogP contribution in [-0.4, -0.2) is 69.2 Å². The second-order valence-corrected chi connectivity index (χ2v) is 9.08. The summed E-state index contributed by atoms with van der Waals surface area (Å²) >= 11 is 0. The minimum atomic E-state index is -1.17. The second kappa shape index (κ2) is 13.6. The number of phenols is 1. The van der Waals surface area contributed by atoms with Gasteiger partial charge in [0.2, 0.25) is 0 Å². The Labute approximate surface area is 250 Å². The van der Waals surface area contributed by atoms with Crippen LogP contribution < -0.4 is 40.0 Å². The molecule has 0 spiro atoms. The SMILES string of the molecule is COC(=O)c1onc2cc(B3OCC(C)(C)CO3)ccc12.COC(=O)c1onc2cc(O)ccc12.[Na+].[O-]B1OO1. The molecule has 2 saturated heterocycles. The van der Waals surface area contributed by atoms with E-state index in [-0.39, 0.29) is 52.2 Å². The first-order chi connectivity index (χ1) is 18.6. The zero-order valence-corrected chi connectivity index (χ0v) is 24.4. The second-order valence-electron chi connectivity index (χ2n) is 9.08. The van der Waals surface area contributed by atoms with Crippen molar-refractivity contribution in [3.05, 3.63) is 47.9 Å². The number of carbonyl (C=O) groups excluding carboxylic acids is 2. The van der Waals surface area contributed by atoms with Crippen LogP contribution in [0.3, 0.4) is 0 Å². The van der Waals surface area contributed by atoms with Crippen molar-refractivity contribution in [2.75, 3.05) is 27.4 Å². The van der Waals surface area contributed by atoms with E-state index in [0.717, 1.165) is 5.46 Å². The standard InChI is InChI=1S/C14H16BNO5.C9H7NO4.BO3.Na/c1-14(2)7-19-15(20-8-14)9-4-5-10-11(6-9)16-21-12(10)13(17)18-3;1-13-9(12)8-6-3-2-5(11)4-7(6)10-14-8;2-1-3-4-1;/h4-6H,7-8H2,1-3H3;2-4,11H,1H3;;/q;;-1;+1. The Morgan fingerprint density at radius 1 is 0.900 bits per heavy atom. The molecule has 2 fully saturated rings. The molecular weight excluding hydrogens is 541 g/mol. The zero-order valence-electron chi connectivity index (χ0n) is 22.4. The fraction of sp³-hybridized carbons (Fsp3) is 0.304. The number of nitrogens with zero attached hydrogens (tertiary/aromatic N) is 2. The van der Waals surface area contributed by atoms with Crippen LogP contribution in [0.15, 0.2) is 45.4 Å². The summed E-state index contributed by atoms with van der Waals surface area (Å²) in [5.41, 5.74) is 1.87. The molecule has 1 N–H and O–H groups in total. The van der Waals surface area contributed by atoms with Gasteiger partial charge in [-0.05, 0) is 29.7 Å². The Morgan fingerprint density at radius 3 is 1.85 bits per heavy atom. The predicted molar refractivity (Wildman–Crippen MR) is 131 cm³/mol. The van der Waals surface area contributed by atoms with E-state index in [1.807, 2.05) is 6.07 Å². The van der Waals surface area contributed by atoms with Gasteiger partial charge in [0.1, 0.15) is 16.8 Å². The summed E-state index contributed by atoms with van der Waals surface area (Å²) in [6.07, 6.45) is 0. The first-order valence-electron chi connectivity index (χ1n) is 11.5. The number of phenolic OH excluding ortho intramolecular Hbond substituents is 1. The summed E-state index contributed by atoms with van der Waals surface area (Å²) in [5.74, 6) is -0.911. The number of aromatic nitrogens is 2. The summed E-state index contributed by atoms with van der Waals surface area (Å²) in [4.78, 5) is 30.0. The van der Waals surface area contributed by atoms with Crippen molar-refractivity contribution in [1.29, 1.82) is 0 Å². The summed E-state index contributed by atoms with van der Waals surface area (Å²) in [6.45, 7) is 5.43. The maximum atomic E-state index is 11.5. The first kappa shape index (κ1) is 31.6. The maximum absolute atomic E-state index is 11.5. The van der Waals surface area contributed by atoms with Crippen LogP contribution in [0.25, 0.3) is 21.8 Å². The third-order valence-corrected chi connectivity index (χ3v) is 5.40. The van der Waals surface area contributed by atoms with Crippen molar-refractivity contribution < 1.29 is 86.7 Å². The molecule has 2 aromatic heterocycles. The van der Waals surface area contributed by atoms with Crippen molar-refractivity contribution in [1.82, 2.24) is 10.3 Å². The number of ether oxygens (including phenoxy) is 2. The van der Waals surface area contributed by atoms with Gasteiger partial charge in [-0.15, -0.1) is 0 Å². The van der Waals surface area contributed by atoms with Gasteiger partial charge in [0.15, 0.2) is 0 Å². The largest absolute Gasteiger partial charge is 1.00 e. The van der Waals surface area contributed by atoms with E-state index in [1.165, 1.54) is 26.4 Å². The number of fused-ring (bicyclic) bond motifs is 2. The molecule has 204 valence electrons. The van der Waals surface area contributed by atoms with E-state index in [0.29, 0.717) is 35.0 Å². The Hall–Kier alpha value is -2.95. The van der Waals surface area contributed by atoms with Crippen LogP contribution in [-0.2, 0) is 28.4 Å². The molecule has 6 rings (SSSR count). The average molecular weight is 564 g/mol. The molecule has 2 aromatic carbocycles. The van der Waals surface area contributed by atoms with E-state index in [1.54, 1.807) is 18.2 Å². The van der Waals surface area contributed by atoms with Crippen molar-refractivity contribution in [2.24, 2.45) is 5.41 Å². The van der Waals surface area contributed by atoms with Gasteiger partial charge in [-0.3, -0.25) is 9.61 Å². The van der Waals surface area contributed by atoms with Crippen LogP contribution in [0.5, 0.6) is 5.75 Å². The summed E-state index contributed by atoms with van der Waals surface area (Å²) in [7, 11) is 0.980. The summed E-state index contributed by atoms with van der Waals surface area (Å²) in [5, 5.41) is 27.0. The molecule has 2 aliphatic rings. The van der Waals surface area contributed by atoms with E-state index in [4.69, 9.17) is 23.5 Å². The van der Waals surface area contributed by atoms with Crippen LogP contribution in [0.4, 0.5) is 0 Å². The fourth-order valence-electron chi connectivity index (χ4n) is 3.43. The molecule has 40 heavy (non-hydrogen) atoms. The van der Waals surface area contributed by atoms with Gasteiger partial charge in [-0.1, -0.05) is 30.2 Å². The molecular formula is C23H23B2N2NaO12. The van der Waals surface area contributed by atoms with Gasteiger partial charge in [0, 0.05) is 24.7 Å². The Kier molecular flexibility index (Phi) is 10.7. The number of hydrogen-bond acceptors (Lipinski definition) is 14. The molecule has 0 aliphatic carbocycles. The average Bonchev–Trinajstić information content (AvgIpc) is 3.42. The van der Waals surface area contributed by atoms with E-state index >= 15 is 0 Å². The quantitative estimate of drug-likeness (QED) is 0.124. The molecule has 0 bridgehead atoms. The van der Waals surface area contributed by atoms with Gasteiger partial charge in [0.05, 0.1) is 25.0 Å². The molecule has 0 radical (unpaired) electrons. The smallest absolute Gasteiger partial charge is 0.828 e. The summed E-state index contributed by atoms with van der Waals surface area (Å²) < 4.78 is 30.4. The van der Waals surface area contributed by atoms with Crippen LogP contribution in [0.1, 0.15) is 35.0 Å². The Bertz CT molecular complexity index is 1460. The number of hydrogen-bond donors (Lipinski definition) is 1. The van der Waals surface area contributed by atoms with Gasteiger partial charge in [-0.2, -0.15) is 0 Å². The van der Waals surface area contributed by atoms with Crippen LogP contribution in [0, 0.1) is 5.41 Å². The van der Waals surface area contributed by atoms with Crippen LogP contribution in [0.2, 0.25) is 0 Å². The van der Waals surface area contributed by atoms with Gasteiger partial charge >= 0.3 is 55.9 Å². The number of esters is 2. The molecule has 17 heteroatoms. The van der Waals surface area contributed by atoms with E-state index < -0.39 is 26.4 Å². The third kappa shape index (κ3) is 7.83. The Balaban J connectivity index is 0.000000199. The number of rotatable bonds is 3. The van der Waals surface area contributed by atoms with E-state index in [2.05, 4.69) is 43.2 Å². The molecule has 4 aromatic rings. The third-order valence-electron chi connectivity index (χ3n) is 5.40. The van der Waals surface area contributed by atoms with Crippen molar-refractivity contribution in [2.45, 2.75) is 13.8 Å². The van der Waals surface area contributed by atoms with Crippen molar-refractivity contribution >= 4 is 53.6 Å². The van der Waals surface area contributed by atoms with Gasteiger partial charge < -0.3 is 38.0 Å². The number of benzene rings is 2. The van der Waals surface area contributed by atoms with E-state index in [9.17, 15) is 14.6 Å². The minimum absolute atomic E-state index is 0. The molecule has 0 saturated carbocycles. The summed E-state index contributed by atoms with van der Waals surface area (Å²) in [6, 6.07) is 9.81. The molecule has 0 atom stereocenters. The molecule has 0 unspecified atom stereocenters. The van der Waals surface area contributed by atoms with Crippen LogP contribution >= 0.6 is 0 Å². The first-order valence-corrected chi connectivity index (χ1v) is 11.5. The fourth-order valence-corrected chi connectivity index (χ4v) is 3.43. The number of methoxy groups -OCH3 is 2. The zero-order chi connectivity index (χ0) is 28.2.